The molecule has 1 aromatic rings. The van der Waals surface area contributed by atoms with Crippen molar-refractivity contribution in [2.24, 2.45) is 5.73 Å². The van der Waals surface area contributed by atoms with Gasteiger partial charge < -0.3 is 10.8 Å². The Labute approximate surface area is 109 Å². The van der Waals surface area contributed by atoms with Crippen molar-refractivity contribution in [3.63, 3.8) is 0 Å². The van der Waals surface area contributed by atoms with Crippen LogP contribution in [0.25, 0.3) is 0 Å². The molecule has 1 atom stereocenters. The van der Waals surface area contributed by atoms with Gasteiger partial charge in [-0.15, -0.1) is 6.58 Å². The van der Waals surface area contributed by atoms with Crippen LogP contribution in [0.4, 0.5) is 10.5 Å². The van der Waals surface area contributed by atoms with Crippen LogP contribution in [0.1, 0.15) is 6.42 Å². The molecule has 96 valence electrons. The van der Waals surface area contributed by atoms with Crippen molar-refractivity contribution >= 4 is 29.3 Å². The molecule has 0 aliphatic heterocycles. The second kappa shape index (κ2) is 6.07. The number of urea groups is 1. The van der Waals surface area contributed by atoms with Crippen LogP contribution >= 0.6 is 11.6 Å². The van der Waals surface area contributed by atoms with E-state index in [9.17, 15) is 9.59 Å². The number of carbonyl (C=O) groups excluding carboxylic acids is 1. The first kappa shape index (κ1) is 14.1. The SMILES string of the molecule is C=CCC(C(=O)O)N(C(N)=O)c1ccc(Cl)cc1. The maximum atomic E-state index is 11.4. The quantitative estimate of drug-likeness (QED) is 0.804. The molecule has 0 saturated heterocycles. The van der Waals surface area contributed by atoms with Crippen LogP contribution in [-0.4, -0.2) is 23.1 Å². The number of aliphatic carboxylic acids is 1. The molecule has 0 heterocycles. The average molecular weight is 269 g/mol. The molecule has 18 heavy (non-hydrogen) atoms. The molecule has 6 heteroatoms. The minimum absolute atomic E-state index is 0.0981. The number of carboxylic acid groups (broad SMARTS) is 1. The van der Waals surface area contributed by atoms with E-state index in [0.717, 1.165) is 4.90 Å². The van der Waals surface area contributed by atoms with Crippen molar-refractivity contribution in [2.75, 3.05) is 4.90 Å². The van der Waals surface area contributed by atoms with Gasteiger partial charge in [-0.2, -0.15) is 0 Å². The highest BCUT2D eigenvalue weighted by atomic mass is 35.5. The van der Waals surface area contributed by atoms with E-state index in [1.165, 1.54) is 18.2 Å². The summed E-state index contributed by atoms with van der Waals surface area (Å²) < 4.78 is 0. The Bertz CT molecular complexity index is 459. The number of halogens is 1. The fourth-order valence-corrected chi connectivity index (χ4v) is 1.66. The van der Waals surface area contributed by atoms with E-state index >= 15 is 0 Å². The van der Waals surface area contributed by atoms with Crippen LogP contribution in [-0.2, 0) is 4.79 Å². The van der Waals surface area contributed by atoms with E-state index in [1.807, 2.05) is 0 Å². The van der Waals surface area contributed by atoms with E-state index in [-0.39, 0.29) is 6.42 Å². The highest BCUT2D eigenvalue weighted by Crippen LogP contribution is 2.21. The third-order valence-corrected chi connectivity index (χ3v) is 2.58. The molecule has 2 amide bonds. The first-order valence-electron chi connectivity index (χ1n) is 5.15. The van der Waals surface area contributed by atoms with Gasteiger partial charge >= 0.3 is 12.0 Å². The topological polar surface area (TPSA) is 83.6 Å². The van der Waals surface area contributed by atoms with Crippen molar-refractivity contribution in [1.82, 2.24) is 0 Å². The van der Waals surface area contributed by atoms with Crippen molar-refractivity contribution in [3.8, 4) is 0 Å². The van der Waals surface area contributed by atoms with Crippen LogP contribution < -0.4 is 10.6 Å². The van der Waals surface area contributed by atoms with Gasteiger partial charge in [0.05, 0.1) is 0 Å². The Morgan fingerprint density at radius 2 is 2.00 bits per heavy atom. The van der Waals surface area contributed by atoms with E-state index in [2.05, 4.69) is 6.58 Å². The molecule has 0 spiro atoms. The molecule has 0 bridgehead atoms. The second-order valence-electron chi connectivity index (χ2n) is 3.56. The Hall–Kier alpha value is -2.01. The standard InChI is InChI=1S/C12H13ClN2O3/c1-2-3-10(11(16)17)15(12(14)18)9-6-4-8(13)5-7-9/h2,4-7,10H,1,3H2,(H2,14,18)(H,16,17). The summed E-state index contributed by atoms with van der Waals surface area (Å²) in [6, 6.07) is 4.25. The van der Waals surface area contributed by atoms with Crippen molar-refractivity contribution < 1.29 is 14.7 Å². The number of nitrogens with zero attached hydrogens (tertiary/aromatic N) is 1. The van der Waals surface area contributed by atoms with Crippen molar-refractivity contribution in [1.29, 1.82) is 0 Å². The molecule has 5 nitrogen and oxygen atoms in total. The fourth-order valence-electron chi connectivity index (χ4n) is 1.54. The molecule has 1 aromatic carbocycles. The van der Waals surface area contributed by atoms with Gasteiger partial charge in [-0.05, 0) is 30.7 Å². The van der Waals surface area contributed by atoms with Gasteiger partial charge in [-0.25, -0.2) is 9.59 Å². The number of benzene rings is 1. The zero-order valence-electron chi connectivity index (χ0n) is 9.54. The zero-order valence-corrected chi connectivity index (χ0v) is 10.3. The summed E-state index contributed by atoms with van der Waals surface area (Å²) >= 11 is 5.73. The van der Waals surface area contributed by atoms with E-state index < -0.39 is 18.0 Å². The molecule has 0 aliphatic carbocycles. The van der Waals surface area contributed by atoms with Gasteiger partial charge in [-0.3, -0.25) is 4.90 Å². The van der Waals surface area contributed by atoms with Gasteiger partial charge in [0.25, 0.3) is 0 Å². The lowest BCUT2D eigenvalue weighted by molar-refractivity contribution is -0.138. The van der Waals surface area contributed by atoms with Gasteiger partial charge in [0.15, 0.2) is 0 Å². The number of anilines is 1. The van der Waals surface area contributed by atoms with Crippen molar-refractivity contribution in [2.45, 2.75) is 12.5 Å². The van der Waals surface area contributed by atoms with Crippen molar-refractivity contribution in [3.05, 3.63) is 41.9 Å². The fraction of sp³-hybridized carbons (Fsp3) is 0.167. The summed E-state index contributed by atoms with van der Waals surface area (Å²) in [6.45, 7) is 3.47. The Kier molecular flexibility index (Phi) is 4.74. The predicted molar refractivity (Wildman–Crippen MR) is 69.8 cm³/mol. The summed E-state index contributed by atoms with van der Waals surface area (Å²) in [5.74, 6) is -1.15. The number of nitrogens with two attached hydrogens (primary N) is 1. The molecule has 0 aliphatic rings. The predicted octanol–water partition coefficient (Wildman–Crippen LogP) is 2.25. The molecule has 1 unspecified atom stereocenters. The molecule has 0 fully saturated rings. The van der Waals surface area contributed by atoms with E-state index in [4.69, 9.17) is 22.4 Å². The lowest BCUT2D eigenvalue weighted by atomic mass is 10.1. The molecule has 3 N–H and O–H groups in total. The first-order chi connectivity index (χ1) is 8.47. The normalized spacial score (nSPS) is 11.6. The van der Waals surface area contributed by atoms with Crippen LogP contribution in [0.15, 0.2) is 36.9 Å². The molecule has 1 rings (SSSR count). The summed E-state index contributed by atoms with van der Waals surface area (Å²) in [5.41, 5.74) is 5.61. The van der Waals surface area contributed by atoms with Crippen LogP contribution in [0.3, 0.4) is 0 Å². The second-order valence-corrected chi connectivity index (χ2v) is 4.00. The number of primary amides is 1. The smallest absolute Gasteiger partial charge is 0.327 e. The highest BCUT2D eigenvalue weighted by molar-refractivity contribution is 6.30. The maximum absolute atomic E-state index is 11.4. The maximum Gasteiger partial charge on any atom is 0.327 e. The summed E-state index contributed by atoms with van der Waals surface area (Å²) in [4.78, 5) is 23.6. The number of carboxylic acids is 1. The number of carbonyl (C=O) groups is 2. The Morgan fingerprint density at radius 1 is 1.44 bits per heavy atom. The lowest BCUT2D eigenvalue weighted by Gasteiger charge is -2.26. The van der Waals surface area contributed by atoms with Crippen LogP contribution in [0, 0.1) is 0 Å². The third-order valence-electron chi connectivity index (χ3n) is 2.33. The third kappa shape index (κ3) is 3.24. The van der Waals surface area contributed by atoms with Gasteiger partial charge in [0.2, 0.25) is 0 Å². The Morgan fingerprint density at radius 3 is 2.39 bits per heavy atom. The molecule has 0 saturated carbocycles. The molecular weight excluding hydrogens is 256 g/mol. The van der Waals surface area contributed by atoms with Gasteiger partial charge in [0.1, 0.15) is 6.04 Å². The number of rotatable bonds is 5. The molecule has 0 aromatic heterocycles. The first-order valence-corrected chi connectivity index (χ1v) is 5.53. The number of amides is 2. The van der Waals surface area contributed by atoms with Crippen LogP contribution in [0.5, 0.6) is 0 Å². The molecular formula is C12H13ClN2O3. The highest BCUT2D eigenvalue weighted by Gasteiger charge is 2.28. The Balaban J connectivity index is 3.15. The van der Waals surface area contributed by atoms with E-state index in [0.29, 0.717) is 10.7 Å². The van der Waals surface area contributed by atoms with E-state index in [1.54, 1.807) is 12.1 Å². The van der Waals surface area contributed by atoms with Gasteiger partial charge in [-0.1, -0.05) is 17.7 Å². The number of hydrogen-bond donors (Lipinski definition) is 2. The van der Waals surface area contributed by atoms with Crippen LogP contribution in [0.2, 0.25) is 5.02 Å². The minimum Gasteiger partial charge on any atom is -0.480 e. The summed E-state index contributed by atoms with van der Waals surface area (Å²) in [5, 5.41) is 9.60. The summed E-state index contributed by atoms with van der Waals surface area (Å²) in [7, 11) is 0. The van der Waals surface area contributed by atoms with Gasteiger partial charge in [0, 0.05) is 10.7 Å². The average Bonchev–Trinajstić information content (AvgIpc) is 2.30. The largest absolute Gasteiger partial charge is 0.480 e. The molecule has 0 radical (unpaired) electrons. The lowest BCUT2D eigenvalue weighted by Crippen LogP contribution is -2.47. The monoisotopic (exact) mass is 268 g/mol. The minimum atomic E-state index is -1.15. The number of hydrogen-bond acceptors (Lipinski definition) is 2. The zero-order chi connectivity index (χ0) is 13.7. The summed E-state index contributed by atoms with van der Waals surface area (Å²) in [6.07, 6.45) is 1.52.